The fourth-order valence-corrected chi connectivity index (χ4v) is 3.28. The minimum absolute atomic E-state index is 0.102. The lowest BCUT2D eigenvalue weighted by Crippen LogP contribution is -2.39. The summed E-state index contributed by atoms with van der Waals surface area (Å²) in [6.45, 7) is 1.65. The van der Waals surface area contributed by atoms with E-state index in [-0.39, 0.29) is 12.5 Å². The number of hydrogen-bond acceptors (Lipinski definition) is 5. The van der Waals surface area contributed by atoms with Crippen LogP contribution in [0.25, 0.3) is 0 Å². The van der Waals surface area contributed by atoms with Crippen LogP contribution < -0.4 is 10.1 Å². The molecule has 2 aliphatic rings. The SMILES string of the molecule is O[C@@H]1CC(CNCC2CC2)(COc2ccc(C(F)(F)F)cn2)C[C@@H]1O. The molecule has 0 radical (unpaired) electrons. The third-order valence-corrected chi connectivity index (χ3v) is 4.95. The topological polar surface area (TPSA) is 74.6 Å². The van der Waals surface area contributed by atoms with Crippen LogP contribution in [0.3, 0.4) is 0 Å². The Hall–Kier alpha value is -1.38. The van der Waals surface area contributed by atoms with Crippen molar-refractivity contribution in [3.8, 4) is 5.88 Å². The molecule has 3 atom stereocenters. The lowest BCUT2D eigenvalue weighted by Gasteiger charge is -2.29. The number of pyridine rings is 1. The monoisotopic (exact) mass is 360 g/mol. The van der Waals surface area contributed by atoms with E-state index < -0.39 is 29.4 Å². The summed E-state index contributed by atoms with van der Waals surface area (Å²) in [6, 6.07) is 2.12. The smallest absolute Gasteiger partial charge is 0.417 e. The van der Waals surface area contributed by atoms with Gasteiger partial charge in [-0.25, -0.2) is 4.98 Å². The van der Waals surface area contributed by atoms with Crippen LogP contribution in [0.5, 0.6) is 5.88 Å². The quantitative estimate of drug-likeness (QED) is 0.693. The Morgan fingerprint density at radius 3 is 2.40 bits per heavy atom. The molecule has 0 bridgehead atoms. The van der Waals surface area contributed by atoms with Gasteiger partial charge in [0, 0.05) is 24.2 Å². The average Bonchev–Trinajstić information content (AvgIpc) is 3.32. The highest BCUT2D eigenvalue weighted by Crippen LogP contribution is 2.39. The second-order valence-corrected chi connectivity index (χ2v) is 7.29. The molecule has 1 aromatic rings. The van der Waals surface area contributed by atoms with Gasteiger partial charge in [-0.1, -0.05) is 0 Å². The van der Waals surface area contributed by atoms with E-state index in [0.29, 0.717) is 25.3 Å². The summed E-state index contributed by atoms with van der Waals surface area (Å²) in [5.41, 5.74) is -1.29. The molecular formula is C17H23F3N2O3. The van der Waals surface area contributed by atoms with Gasteiger partial charge in [-0.15, -0.1) is 0 Å². The van der Waals surface area contributed by atoms with Crippen molar-refractivity contribution in [2.75, 3.05) is 19.7 Å². The van der Waals surface area contributed by atoms with Crippen LogP contribution in [-0.4, -0.2) is 47.1 Å². The van der Waals surface area contributed by atoms with Gasteiger partial charge >= 0.3 is 6.18 Å². The van der Waals surface area contributed by atoms with Gasteiger partial charge < -0.3 is 20.3 Å². The van der Waals surface area contributed by atoms with Crippen LogP contribution in [0.15, 0.2) is 18.3 Å². The summed E-state index contributed by atoms with van der Waals surface area (Å²) in [7, 11) is 0. The van der Waals surface area contributed by atoms with Gasteiger partial charge in [-0.2, -0.15) is 13.2 Å². The number of aliphatic hydroxyl groups excluding tert-OH is 2. The maximum atomic E-state index is 12.6. The predicted octanol–water partition coefficient (Wildman–Crippen LogP) is 1.98. The molecule has 0 aromatic carbocycles. The van der Waals surface area contributed by atoms with Crippen molar-refractivity contribution in [2.45, 2.75) is 44.1 Å². The lowest BCUT2D eigenvalue weighted by molar-refractivity contribution is -0.137. The van der Waals surface area contributed by atoms with Crippen LogP contribution in [0.2, 0.25) is 0 Å². The molecule has 0 saturated heterocycles. The van der Waals surface area contributed by atoms with Crippen LogP contribution in [0, 0.1) is 11.3 Å². The second kappa shape index (κ2) is 7.09. The number of nitrogens with one attached hydrogen (secondary N) is 1. The van der Waals surface area contributed by atoms with Gasteiger partial charge in [-0.3, -0.25) is 0 Å². The first kappa shape index (κ1) is 18.4. The first-order chi connectivity index (χ1) is 11.8. The third kappa shape index (κ3) is 4.83. The Bertz CT molecular complexity index is 565. The summed E-state index contributed by atoms with van der Waals surface area (Å²) in [5, 5.41) is 23.2. The number of halogens is 3. The molecule has 25 heavy (non-hydrogen) atoms. The van der Waals surface area contributed by atoms with Crippen LogP contribution in [-0.2, 0) is 6.18 Å². The molecule has 0 amide bonds. The molecule has 2 saturated carbocycles. The molecule has 140 valence electrons. The van der Waals surface area contributed by atoms with Gasteiger partial charge in [0.05, 0.1) is 24.4 Å². The van der Waals surface area contributed by atoms with E-state index in [1.54, 1.807) is 0 Å². The van der Waals surface area contributed by atoms with E-state index in [1.807, 2.05) is 0 Å². The van der Waals surface area contributed by atoms with Crippen LogP contribution >= 0.6 is 0 Å². The minimum atomic E-state index is -4.43. The highest BCUT2D eigenvalue weighted by atomic mass is 19.4. The third-order valence-electron chi connectivity index (χ3n) is 4.95. The molecular weight excluding hydrogens is 337 g/mol. The summed E-state index contributed by atoms with van der Waals surface area (Å²) in [5.74, 6) is 0.802. The zero-order valence-corrected chi connectivity index (χ0v) is 13.8. The second-order valence-electron chi connectivity index (χ2n) is 7.29. The number of rotatable bonds is 7. The molecule has 0 aliphatic heterocycles. The molecule has 3 rings (SSSR count). The fourth-order valence-electron chi connectivity index (χ4n) is 3.28. The van der Waals surface area contributed by atoms with Crippen LogP contribution in [0.4, 0.5) is 13.2 Å². The molecule has 2 aliphatic carbocycles. The molecule has 8 heteroatoms. The molecule has 5 nitrogen and oxygen atoms in total. The zero-order chi connectivity index (χ0) is 18.1. The van der Waals surface area contributed by atoms with Crippen molar-refractivity contribution in [3.05, 3.63) is 23.9 Å². The number of aliphatic hydroxyl groups is 2. The van der Waals surface area contributed by atoms with E-state index in [2.05, 4.69) is 10.3 Å². The van der Waals surface area contributed by atoms with Crippen molar-refractivity contribution >= 4 is 0 Å². The number of alkyl halides is 3. The van der Waals surface area contributed by atoms with E-state index in [4.69, 9.17) is 4.74 Å². The van der Waals surface area contributed by atoms with Crippen molar-refractivity contribution in [2.24, 2.45) is 11.3 Å². The lowest BCUT2D eigenvalue weighted by atomic mass is 9.86. The van der Waals surface area contributed by atoms with Gasteiger partial charge in [0.15, 0.2) is 0 Å². The van der Waals surface area contributed by atoms with Gasteiger partial charge in [0.25, 0.3) is 0 Å². The summed E-state index contributed by atoms with van der Waals surface area (Å²) < 4.78 is 43.3. The largest absolute Gasteiger partial charge is 0.477 e. The maximum absolute atomic E-state index is 12.6. The minimum Gasteiger partial charge on any atom is -0.477 e. The van der Waals surface area contributed by atoms with Crippen molar-refractivity contribution in [1.82, 2.24) is 10.3 Å². The number of ether oxygens (including phenoxy) is 1. The fraction of sp³-hybridized carbons (Fsp3) is 0.706. The first-order valence-corrected chi connectivity index (χ1v) is 8.50. The predicted molar refractivity (Wildman–Crippen MR) is 84.0 cm³/mol. The summed E-state index contributed by atoms with van der Waals surface area (Å²) >= 11 is 0. The molecule has 0 spiro atoms. The Morgan fingerprint density at radius 1 is 1.20 bits per heavy atom. The van der Waals surface area contributed by atoms with E-state index in [1.165, 1.54) is 18.9 Å². The van der Waals surface area contributed by atoms with E-state index in [0.717, 1.165) is 18.8 Å². The maximum Gasteiger partial charge on any atom is 0.417 e. The molecule has 1 unspecified atom stereocenters. The normalized spacial score (nSPS) is 29.8. The number of hydrogen-bond donors (Lipinski definition) is 3. The van der Waals surface area contributed by atoms with Gasteiger partial charge in [0.1, 0.15) is 0 Å². The standard InChI is InChI=1S/C17H23F3N2O3/c18-17(19,20)12-3-4-15(22-8-12)25-10-16(5-13(23)14(24)6-16)9-21-7-11-1-2-11/h3-4,8,11,13-14,21,23-24H,1-2,5-7,9-10H2/t13-,14+,16?. The summed E-state index contributed by atoms with van der Waals surface area (Å²) in [4.78, 5) is 3.71. The van der Waals surface area contributed by atoms with Gasteiger partial charge in [0.2, 0.25) is 5.88 Å². The average molecular weight is 360 g/mol. The first-order valence-electron chi connectivity index (χ1n) is 8.50. The van der Waals surface area contributed by atoms with E-state index in [9.17, 15) is 23.4 Å². The Kier molecular flexibility index (Phi) is 5.22. The molecule has 3 N–H and O–H groups in total. The Morgan fingerprint density at radius 2 is 1.88 bits per heavy atom. The number of nitrogens with zero attached hydrogens (tertiary/aromatic N) is 1. The van der Waals surface area contributed by atoms with E-state index >= 15 is 0 Å². The molecule has 1 heterocycles. The Balaban J connectivity index is 1.59. The Labute approximate surface area is 144 Å². The highest BCUT2D eigenvalue weighted by molar-refractivity contribution is 5.20. The highest BCUT2D eigenvalue weighted by Gasteiger charge is 2.45. The van der Waals surface area contributed by atoms with Crippen molar-refractivity contribution in [3.63, 3.8) is 0 Å². The van der Waals surface area contributed by atoms with Crippen molar-refractivity contribution in [1.29, 1.82) is 0 Å². The molecule has 2 fully saturated rings. The van der Waals surface area contributed by atoms with Gasteiger partial charge in [-0.05, 0) is 44.2 Å². The van der Waals surface area contributed by atoms with Crippen molar-refractivity contribution < 1.29 is 28.1 Å². The van der Waals surface area contributed by atoms with Crippen LogP contribution in [0.1, 0.15) is 31.2 Å². The molecule has 1 aromatic heterocycles. The zero-order valence-electron chi connectivity index (χ0n) is 13.8. The summed E-state index contributed by atoms with van der Waals surface area (Å²) in [6.07, 6.45) is -2.11. The number of aromatic nitrogens is 1.